The van der Waals surface area contributed by atoms with Gasteiger partial charge in [-0.25, -0.2) is 0 Å². The van der Waals surface area contributed by atoms with Crippen molar-refractivity contribution in [3.8, 4) is 0 Å². The number of hydrogen-bond donors (Lipinski definition) is 1. The van der Waals surface area contributed by atoms with E-state index in [1.165, 1.54) is 7.11 Å². The van der Waals surface area contributed by atoms with Crippen molar-refractivity contribution in [2.45, 2.75) is 31.2 Å². The molecule has 1 aliphatic rings. The minimum absolute atomic E-state index is 0.246. The molecule has 1 aromatic heterocycles. The quantitative estimate of drug-likeness (QED) is 0.757. The Kier molecular flexibility index (Phi) is 2.31. The number of rotatable bonds is 3. The van der Waals surface area contributed by atoms with Gasteiger partial charge in [-0.1, -0.05) is 0 Å². The average Bonchev–Trinajstić information content (AvgIpc) is 2.94. The van der Waals surface area contributed by atoms with Crippen LogP contribution in [0, 0.1) is 6.92 Å². The molecule has 0 amide bonds. The summed E-state index contributed by atoms with van der Waals surface area (Å²) in [7, 11) is 1.36. The Morgan fingerprint density at radius 3 is 2.73 bits per heavy atom. The first kappa shape index (κ1) is 10.2. The molecule has 1 aromatic rings. The van der Waals surface area contributed by atoms with Crippen molar-refractivity contribution in [1.29, 1.82) is 0 Å². The predicted molar refractivity (Wildman–Crippen MR) is 54.3 cm³/mol. The lowest BCUT2D eigenvalue weighted by Crippen LogP contribution is -2.42. The van der Waals surface area contributed by atoms with Gasteiger partial charge in [-0.05, 0) is 25.8 Å². The standard InChI is InChI=1S/C11H15NO3/c1-7-8(3-6-15-7)11(4-5-11)9(12)10(13)14-2/h3,6,9H,4-5,12H2,1-2H3. The van der Waals surface area contributed by atoms with E-state index in [2.05, 4.69) is 4.74 Å². The van der Waals surface area contributed by atoms with Crippen molar-refractivity contribution >= 4 is 5.97 Å². The van der Waals surface area contributed by atoms with E-state index in [1.807, 2.05) is 13.0 Å². The lowest BCUT2D eigenvalue weighted by Gasteiger charge is -2.20. The van der Waals surface area contributed by atoms with Gasteiger partial charge < -0.3 is 14.9 Å². The van der Waals surface area contributed by atoms with E-state index in [-0.39, 0.29) is 11.4 Å². The summed E-state index contributed by atoms with van der Waals surface area (Å²) in [6.45, 7) is 1.89. The topological polar surface area (TPSA) is 65.5 Å². The van der Waals surface area contributed by atoms with Crippen LogP contribution in [0.1, 0.15) is 24.2 Å². The highest BCUT2D eigenvalue weighted by atomic mass is 16.5. The second-order valence-corrected chi connectivity index (χ2v) is 4.05. The summed E-state index contributed by atoms with van der Waals surface area (Å²) in [6.07, 6.45) is 3.47. The number of furan rings is 1. The fraction of sp³-hybridized carbons (Fsp3) is 0.545. The highest BCUT2D eigenvalue weighted by Gasteiger charge is 2.54. The zero-order valence-electron chi connectivity index (χ0n) is 8.95. The number of carbonyl (C=O) groups excluding carboxylic acids is 1. The summed E-state index contributed by atoms with van der Waals surface area (Å²) in [4.78, 5) is 11.4. The molecular formula is C11H15NO3. The molecule has 1 unspecified atom stereocenters. The minimum Gasteiger partial charge on any atom is -0.469 e. The Bertz CT molecular complexity index is 379. The summed E-state index contributed by atoms with van der Waals surface area (Å²) in [5.41, 5.74) is 6.71. The van der Waals surface area contributed by atoms with Crippen molar-refractivity contribution in [2.24, 2.45) is 5.73 Å². The van der Waals surface area contributed by atoms with Gasteiger partial charge >= 0.3 is 5.97 Å². The fourth-order valence-corrected chi connectivity index (χ4v) is 2.14. The zero-order chi connectivity index (χ0) is 11.1. The van der Waals surface area contributed by atoms with E-state index in [4.69, 9.17) is 10.2 Å². The number of aryl methyl sites for hydroxylation is 1. The molecule has 4 nitrogen and oxygen atoms in total. The van der Waals surface area contributed by atoms with E-state index < -0.39 is 6.04 Å². The van der Waals surface area contributed by atoms with Gasteiger partial charge in [0.25, 0.3) is 0 Å². The monoisotopic (exact) mass is 209 g/mol. The van der Waals surface area contributed by atoms with Crippen molar-refractivity contribution in [1.82, 2.24) is 0 Å². The van der Waals surface area contributed by atoms with Crippen molar-refractivity contribution < 1.29 is 13.9 Å². The molecule has 15 heavy (non-hydrogen) atoms. The van der Waals surface area contributed by atoms with Gasteiger partial charge in [0, 0.05) is 11.0 Å². The second-order valence-electron chi connectivity index (χ2n) is 4.05. The van der Waals surface area contributed by atoms with Crippen LogP contribution >= 0.6 is 0 Å². The molecule has 1 heterocycles. The van der Waals surface area contributed by atoms with Gasteiger partial charge in [-0.2, -0.15) is 0 Å². The zero-order valence-corrected chi connectivity index (χ0v) is 8.95. The molecule has 0 saturated heterocycles. The number of ether oxygens (including phenoxy) is 1. The Labute approximate surface area is 88.4 Å². The molecule has 2 N–H and O–H groups in total. The number of hydrogen-bond acceptors (Lipinski definition) is 4. The van der Waals surface area contributed by atoms with Crippen LogP contribution < -0.4 is 5.73 Å². The smallest absolute Gasteiger partial charge is 0.323 e. The van der Waals surface area contributed by atoms with E-state index in [1.54, 1.807) is 6.26 Å². The maximum atomic E-state index is 11.4. The normalized spacial score (nSPS) is 19.7. The van der Waals surface area contributed by atoms with Crippen molar-refractivity contribution in [3.05, 3.63) is 23.7 Å². The number of methoxy groups -OCH3 is 1. The molecule has 1 fully saturated rings. The van der Waals surface area contributed by atoms with Crippen LogP contribution in [0.4, 0.5) is 0 Å². The molecule has 0 aromatic carbocycles. The first-order valence-electron chi connectivity index (χ1n) is 5.00. The molecule has 1 saturated carbocycles. The van der Waals surface area contributed by atoms with Crippen LogP contribution in [0.5, 0.6) is 0 Å². The summed E-state index contributed by atoms with van der Waals surface area (Å²) in [5, 5.41) is 0. The first-order valence-corrected chi connectivity index (χ1v) is 5.00. The number of nitrogens with two attached hydrogens (primary N) is 1. The van der Waals surface area contributed by atoms with Crippen LogP contribution in [0.25, 0.3) is 0 Å². The third kappa shape index (κ3) is 1.45. The third-order valence-corrected chi connectivity index (χ3v) is 3.23. The van der Waals surface area contributed by atoms with Gasteiger partial charge in [0.15, 0.2) is 0 Å². The van der Waals surface area contributed by atoms with Crippen LogP contribution in [-0.4, -0.2) is 19.1 Å². The lowest BCUT2D eigenvalue weighted by molar-refractivity contribution is -0.143. The van der Waals surface area contributed by atoms with Gasteiger partial charge in [0.1, 0.15) is 11.8 Å². The van der Waals surface area contributed by atoms with Crippen LogP contribution in [0.15, 0.2) is 16.7 Å². The highest BCUT2D eigenvalue weighted by Crippen LogP contribution is 2.51. The molecule has 2 rings (SSSR count). The highest BCUT2D eigenvalue weighted by molar-refractivity contribution is 5.79. The maximum Gasteiger partial charge on any atom is 0.323 e. The Balaban J connectivity index is 2.28. The Hall–Kier alpha value is -1.29. The van der Waals surface area contributed by atoms with Crippen LogP contribution in [0.3, 0.4) is 0 Å². The molecule has 0 radical (unpaired) electrons. The minimum atomic E-state index is -0.584. The third-order valence-electron chi connectivity index (χ3n) is 3.23. The summed E-state index contributed by atoms with van der Waals surface area (Å²) < 4.78 is 9.93. The molecule has 82 valence electrons. The van der Waals surface area contributed by atoms with Gasteiger partial charge in [0.05, 0.1) is 13.4 Å². The number of carbonyl (C=O) groups is 1. The summed E-state index contributed by atoms with van der Waals surface area (Å²) >= 11 is 0. The maximum absolute atomic E-state index is 11.4. The second kappa shape index (κ2) is 3.38. The lowest BCUT2D eigenvalue weighted by atomic mass is 9.89. The Morgan fingerprint density at radius 2 is 2.33 bits per heavy atom. The van der Waals surface area contributed by atoms with E-state index in [9.17, 15) is 4.79 Å². The molecule has 1 atom stereocenters. The average molecular weight is 209 g/mol. The number of esters is 1. The molecule has 1 aliphatic carbocycles. The van der Waals surface area contributed by atoms with E-state index >= 15 is 0 Å². The molecule has 0 aliphatic heterocycles. The van der Waals surface area contributed by atoms with Crippen molar-refractivity contribution in [3.63, 3.8) is 0 Å². The fourth-order valence-electron chi connectivity index (χ4n) is 2.14. The van der Waals surface area contributed by atoms with E-state index in [0.29, 0.717) is 0 Å². The summed E-state index contributed by atoms with van der Waals surface area (Å²) in [6, 6.07) is 1.31. The van der Waals surface area contributed by atoms with E-state index in [0.717, 1.165) is 24.2 Å². The molecule has 0 bridgehead atoms. The predicted octanol–water partition coefficient (Wildman–Crippen LogP) is 1.12. The largest absolute Gasteiger partial charge is 0.469 e. The van der Waals surface area contributed by atoms with Crippen LogP contribution in [-0.2, 0) is 14.9 Å². The van der Waals surface area contributed by atoms with Crippen molar-refractivity contribution in [2.75, 3.05) is 7.11 Å². The first-order chi connectivity index (χ1) is 7.12. The molecule has 4 heteroatoms. The molecule has 0 spiro atoms. The van der Waals surface area contributed by atoms with Gasteiger partial charge in [0.2, 0.25) is 0 Å². The van der Waals surface area contributed by atoms with Gasteiger partial charge in [-0.3, -0.25) is 4.79 Å². The van der Waals surface area contributed by atoms with Crippen LogP contribution in [0.2, 0.25) is 0 Å². The molecular weight excluding hydrogens is 194 g/mol. The Morgan fingerprint density at radius 1 is 1.67 bits per heavy atom. The SMILES string of the molecule is COC(=O)C(N)C1(c2ccoc2C)CC1. The summed E-state index contributed by atoms with van der Waals surface area (Å²) in [5.74, 6) is 0.486. The van der Waals surface area contributed by atoms with Gasteiger partial charge in [-0.15, -0.1) is 0 Å².